The molecule has 1 N–H and O–H groups in total. The van der Waals surface area contributed by atoms with Crippen LogP contribution in [0.2, 0.25) is 0 Å². The van der Waals surface area contributed by atoms with Crippen molar-refractivity contribution in [2.75, 3.05) is 7.11 Å². The molecule has 0 heterocycles. The van der Waals surface area contributed by atoms with Crippen LogP contribution < -0.4 is 10.2 Å². The van der Waals surface area contributed by atoms with Crippen molar-refractivity contribution in [3.8, 4) is 5.75 Å². The molecule has 94 valence electrons. The average Bonchev–Trinajstić information content (AvgIpc) is 2.19. The topological polar surface area (TPSA) is 42.8 Å². The molecular formula is C10H11F3N2O2. The van der Waals surface area contributed by atoms with E-state index in [0.717, 1.165) is 0 Å². The SMILES string of the molecule is CONC(C)=Nc1ccc(OC(F)(F)F)cc1. The van der Waals surface area contributed by atoms with E-state index in [4.69, 9.17) is 0 Å². The van der Waals surface area contributed by atoms with Gasteiger partial charge in [-0.3, -0.25) is 10.3 Å². The van der Waals surface area contributed by atoms with Crippen LogP contribution in [-0.2, 0) is 4.84 Å². The maximum atomic E-state index is 11.9. The van der Waals surface area contributed by atoms with Crippen molar-refractivity contribution >= 4 is 11.5 Å². The van der Waals surface area contributed by atoms with Gasteiger partial charge in [0, 0.05) is 0 Å². The monoisotopic (exact) mass is 248 g/mol. The van der Waals surface area contributed by atoms with Crippen LogP contribution in [-0.4, -0.2) is 19.3 Å². The molecule has 1 aromatic carbocycles. The van der Waals surface area contributed by atoms with Crippen molar-refractivity contribution in [2.24, 2.45) is 4.99 Å². The molecular weight excluding hydrogens is 237 g/mol. The third-order valence-electron chi connectivity index (χ3n) is 1.62. The molecule has 0 aliphatic carbocycles. The standard InChI is InChI=1S/C10H11F3N2O2/c1-7(15-16-2)14-8-3-5-9(6-4-8)17-10(11,12)13/h3-6H,1-2H3,(H,14,15). The molecule has 0 saturated carbocycles. The van der Waals surface area contributed by atoms with Crippen molar-refractivity contribution in [1.82, 2.24) is 5.48 Å². The Morgan fingerprint density at radius 2 is 1.82 bits per heavy atom. The van der Waals surface area contributed by atoms with Crippen LogP contribution in [0.5, 0.6) is 5.75 Å². The van der Waals surface area contributed by atoms with Gasteiger partial charge in [-0.05, 0) is 31.2 Å². The summed E-state index contributed by atoms with van der Waals surface area (Å²) in [6.45, 7) is 1.66. The fourth-order valence-electron chi connectivity index (χ4n) is 1.09. The second-order valence-electron chi connectivity index (χ2n) is 3.05. The molecule has 0 aliphatic heterocycles. The van der Waals surface area contributed by atoms with Gasteiger partial charge in [0.05, 0.1) is 12.8 Å². The van der Waals surface area contributed by atoms with E-state index < -0.39 is 6.36 Å². The zero-order valence-electron chi connectivity index (χ0n) is 9.21. The maximum Gasteiger partial charge on any atom is 0.573 e. The highest BCUT2D eigenvalue weighted by Gasteiger charge is 2.30. The quantitative estimate of drug-likeness (QED) is 0.508. The first-order chi connectivity index (χ1) is 7.90. The molecule has 0 radical (unpaired) electrons. The van der Waals surface area contributed by atoms with Gasteiger partial charge in [0.1, 0.15) is 11.6 Å². The van der Waals surface area contributed by atoms with Crippen LogP contribution in [0.1, 0.15) is 6.92 Å². The van der Waals surface area contributed by atoms with Gasteiger partial charge in [0.2, 0.25) is 0 Å². The molecule has 0 aliphatic rings. The Balaban J connectivity index is 2.71. The zero-order valence-corrected chi connectivity index (χ0v) is 9.21. The van der Waals surface area contributed by atoms with Crippen molar-refractivity contribution in [3.05, 3.63) is 24.3 Å². The predicted octanol–water partition coefficient (Wildman–Crippen LogP) is 2.79. The number of alkyl halides is 3. The Morgan fingerprint density at radius 3 is 2.29 bits per heavy atom. The third-order valence-corrected chi connectivity index (χ3v) is 1.62. The summed E-state index contributed by atoms with van der Waals surface area (Å²) < 4.78 is 39.3. The molecule has 0 aromatic heterocycles. The largest absolute Gasteiger partial charge is 0.573 e. The highest BCUT2D eigenvalue weighted by molar-refractivity contribution is 5.81. The lowest BCUT2D eigenvalue weighted by molar-refractivity contribution is -0.274. The Bertz CT molecular complexity index is 388. The number of hydroxylamine groups is 1. The first-order valence-electron chi connectivity index (χ1n) is 4.61. The summed E-state index contributed by atoms with van der Waals surface area (Å²) >= 11 is 0. The number of aliphatic imine (C=N–C) groups is 1. The van der Waals surface area contributed by atoms with Gasteiger partial charge in [-0.2, -0.15) is 0 Å². The number of nitrogens with zero attached hydrogens (tertiary/aromatic N) is 1. The fourth-order valence-corrected chi connectivity index (χ4v) is 1.09. The zero-order chi connectivity index (χ0) is 12.9. The maximum absolute atomic E-state index is 11.9. The summed E-state index contributed by atoms with van der Waals surface area (Å²) in [5.41, 5.74) is 2.97. The Morgan fingerprint density at radius 1 is 1.24 bits per heavy atom. The van der Waals surface area contributed by atoms with Crippen LogP contribution in [0.15, 0.2) is 29.3 Å². The molecule has 1 rings (SSSR count). The molecule has 1 aromatic rings. The minimum atomic E-state index is -4.68. The lowest BCUT2D eigenvalue weighted by atomic mass is 10.3. The van der Waals surface area contributed by atoms with Crippen LogP contribution in [0, 0.1) is 0 Å². The average molecular weight is 248 g/mol. The van der Waals surface area contributed by atoms with Crippen LogP contribution in [0.3, 0.4) is 0 Å². The second-order valence-corrected chi connectivity index (χ2v) is 3.05. The molecule has 4 nitrogen and oxygen atoms in total. The van der Waals surface area contributed by atoms with E-state index in [1.807, 2.05) is 0 Å². The Labute approximate surface area is 96.0 Å². The Hall–Kier alpha value is -1.76. The summed E-state index contributed by atoms with van der Waals surface area (Å²) in [5.74, 6) is 0.200. The van der Waals surface area contributed by atoms with Crippen LogP contribution in [0.25, 0.3) is 0 Å². The molecule has 0 spiro atoms. The number of hydrogen-bond donors (Lipinski definition) is 1. The summed E-state index contributed by atoms with van der Waals surface area (Å²) in [5, 5.41) is 0. The van der Waals surface area contributed by atoms with E-state index in [1.165, 1.54) is 31.4 Å². The molecule has 0 unspecified atom stereocenters. The molecule has 0 atom stereocenters. The molecule has 17 heavy (non-hydrogen) atoms. The summed E-state index contributed by atoms with van der Waals surface area (Å²) in [7, 11) is 1.43. The molecule has 0 fully saturated rings. The second kappa shape index (κ2) is 5.53. The van der Waals surface area contributed by atoms with E-state index in [1.54, 1.807) is 6.92 Å². The molecule has 0 bridgehead atoms. The highest BCUT2D eigenvalue weighted by atomic mass is 19.4. The normalized spacial score (nSPS) is 12.4. The number of halogens is 3. The Kier molecular flexibility index (Phi) is 4.33. The van der Waals surface area contributed by atoms with Crippen molar-refractivity contribution in [3.63, 3.8) is 0 Å². The smallest absolute Gasteiger partial charge is 0.406 e. The molecule has 7 heteroatoms. The molecule has 0 amide bonds. The van der Waals surface area contributed by atoms with Crippen molar-refractivity contribution in [1.29, 1.82) is 0 Å². The van der Waals surface area contributed by atoms with Crippen LogP contribution >= 0.6 is 0 Å². The fraction of sp³-hybridized carbons (Fsp3) is 0.300. The number of ether oxygens (including phenoxy) is 1. The lowest BCUT2D eigenvalue weighted by Gasteiger charge is -2.08. The summed E-state index contributed by atoms with van der Waals surface area (Å²) in [6.07, 6.45) is -4.68. The minimum Gasteiger partial charge on any atom is -0.406 e. The van der Waals surface area contributed by atoms with Crippen LogP contribution in [0.4, 0.5) is 18.9 Å². The van der Waals surface area contributed by atoms with Gasteiger partial charge in [0.25, 0.3) is 0 Å². The van der Waals surface area contributed by atoms with Gasteiger partial charge >= 0.3 is 6.36 Å². The van der Waals surface area contributed by atoms with E-state index in [0.29, 0.717) is 11.5 Å². The number of rotatable bonds is 3. The highest BCUT2D eigenvalue weighted by Crippen LogP contribution is 2.24. The van der Waals surface area contributed by atoms with Gasteiger partial charge in [-0.15, -0.1) is 13.2 Å². The van der Waals surface area contributed by atoms with Gasteiger partial charge in [0.15, 0.2) is 0 Å². The summed E-state index contributed by atoms with van der Waals surface area (Å²) in [4.78, 5) is 8.64. The lowest BCUT2D eigenvalue weighted by Crippen LogP contribution is -2.18. The number of nitrogens with one attached hydrogen (secondary N) is 1. The number of hydrogen-bond acceptors (Lipinski definition) is 3. The predicted molar refractivity (Wildman–Crippen MR) is 56.0 cm³/mol. The van der Waals surface area contributed by atoms with Crippen molar-refractivity contribution < 1.29 is 22.7 Å². The van der Waals surface area contributed by atoms with Gasteiger partial charge in [-0.25, -0.2) is 4.99 Å². The van der Waals surface area contributed by atoms with E-state index in [2.05, 4.69) is 20.0 Å². The van der Waals surface area contributed by atoms with Gasteiger partial charge < -0.3 is 4.74 Å². The number of amidine groups is 1. The summed E-state index contributed by atoms with van der Waals surface area (Å²) in [6, 6.07) is 5.18. The van der Waals surface area contributed by atoms with Crippen molar-refractivity contribution in [2.45, 2.75) is 13.3 Å². The molecule has 0 saturated heterocycles. The third kappa shape index (κ3) is 5.21. The van der Waals surface area contributed by atoms with Gasteiger partial charge in [-0.1, -0.05) is 0 Å². The minimum absolute atomic E-state index is 0.284. The first kappa shape index (κ1) is 13.3. The van der Waals surface area contributed by atoms with E-state index in [9.17, 15) is 13.2 Å². The first-order valence-corrected chi connectivity index (χ1v) is 4.61. The van der Waals surface area contributed by atoms with E-state index >= 15 is 0 Å². The number of benzene rings is 1. The van der Waals surface area contributed by atoms with E-state index in [-0.39, 0.29) is 5.75 Å².